The van der Waals surface area contributed by atoms with Gasteiger partial charge in [-0.05, 0) is 86.9 Å². The molecule has 1 heterocycles. The lowest BCUT2D eigenvalue weighted by Gasteiger charge is -2.34. The van der Waals surface area contributed by atoms with Gasteiger partial charge in [-0.25, -0.2) is 4.39 Å². The summed E-state index contributed by atoms with van der Waals surface area (Å²) in [7, 11) is 1.61. The number of carbonyl (C=O) groups excluding carboxylic acids is 1. The minimum absolute atomic E-state index is 0.210. The predicted octanol–water partition coefficient (Wildman–Crippen LogP) is 8.58. The fourth-order valence-electron chi connectivity index (χ4n) is 6.42. The second-order valence-corrected chi connectivity index (χ2v) is 11.5. The van der Waals surface area contributed by atoms with Crippen molar-refractivity contribution < 1.29 is 23.4 Å². The molecule has 5 rings (SSSR count). The third kappa shape index (κ3) is 5.45. The van der Waals surface area contributed by atoms with Crippen LogP contribution in [0.3, 0.4) is 0 Å². The third-order valence-electron chi connectivity index (χ3n) is 8.11. The van der Waals surface area contributed by atoms with Crippen LogP contribution in [0, 0.1) is 12.7 Å². The molecule has 0 saturated heterocycles. The molecule has 0 spiro atoms. The van der Waals surface area contributed by atoms with Crippen molar-refractivity contribution in [2.75, 3.05) is 12.4 Å². The number of rotatable bonds is 8. The van der Waals surface area contributed by atoms with Gasteiger partial charge in [-0.15, -0.1) is 0 Å². The molecule has 0 aromatic heterocycles. The molecule has 0 unspecified atom stereocenters. The maximum atomic E-state index is 14.2. The average Bonchev–Trinajstić information content (AvgIpc) is 2.93. The van der Waals surface area contributed by atoms with Crippen LogP contribution in [0.2, 0.25) is 0 Å². The van der Waals surface area contributed by atoms with E-state index in [0.29, 0.717) is 29.6 Å². The van der Waals surface area contributed by atoms with Crippen LogP contribution in [0.4, 0.5) is 10.1 Å². The van der Waals surface area contributed by atoms with Crippen LogP contribution in [-0.4, -0.2) is 19.1 Å². The number of methoxy groups -OCH3 is 1. The van der Waals surface area contributed by atoms with Crippen LogP contribution in [0.5, 0.6) is 17.2 Å². The van der Waals surface area contributed by atoms with Gasteiger partial charge in [0, 0.05) is 28.4 Å². The molecule has 1 N–H and O–H groups in total. The summed E-state index contributed by atoms with van der Waals surface area (Å²) < 4.78 is 31.9. The molecule has 1 saturated carbocycles. The normalized spacial score (nSPS) is 16.4. The first-order valence-electron chi connectivity index (χ1n) is 14.1. The second-order valence-electron chi connectivity index (χ2n) is 11.5. The Balaban J connectivity index is 1.75. The number of aryl methyl sites for hydroxylation is 1. The van der Waals surface area contributed by atoms with E-state index in [4.69, 9.17) is 14.2 Å². The average molecular weight is 544 g/mol. The van der Waals surface area contributed by atoms with E-state index >= 15 is 0 Å². The quantitative estimate of drug-likeness (QED) is 0.288. The number of carbonyl (C=O) groups is 1. The second kappa shape index (κ2) is 11.4. The van der Waals surface area contributed by atoms with Crippen molar-refractivity contribution in [3.63, 3.8) is 0 Å². The van der Waals surface area contributed by atoms with Gasteiger partial charge in [0.15, 0.2) is 11.5 Å². The lowest BCUT2D eigenvalue weighted by molar-refractivity contribution is -0.120. The van der Waals surface area contributed by atoms with E-state index in [1.54, 1.807) is 13.2 Å². The van der Waals surface area contributed by atoms with Crippen molar-refractivity contribution in [3.05, 3.63) is 76.6 Å². The van der Waals surface area contributed by atoms with E-state index in [1.165, 1.54) is 37.0 Å². The largest absolute Gasteiger partial charge is 0.492 e. The van der Waals surface area contributed by atoms with Crippen LogP contribution in [0.15, 0.2) is 48.5 Å². The molecule has 2 aliphatic rings. The van der Waals surface area contributed by atoms with E-state index in [1.807, 2.05) is 13.0 Å². The summed E-state index contributed by atoms with van der Waals surface area (Å²) in [5.74, 6) is 1.45. The highest BCUT2D eigenvalue weighted by atomic mass is 19.1. The van der Waals surface area contributed by atoms with E-state index in [0.717, 1.165) is 51.9 Å². The molecular weight excluding hydrogens is 505 g/mol. The van der Waals surface area contributed by atoms with E-state index in [9.17, 15) is 9.18 Å². The van der Waals surface area contributed by atoms with E-state index in [2.05, 4.69) is 50.4 Å². The summed E-state index contributed by atoms with van der Waals surface area (Å²) >= 11 is 0. The van der Waals surface area contributed by atoms with Crippen molar-refractivity contribution in [1.29, 1.82) is 0 Å². The molecule has 0 atom stereocenters. The van der Waals surface area contributed by atoms with Crippen LogP contribution < -0.4 is 19.5 Å². The molecule has 1 fully saturated rings. The molecule has 40 heavy (non-hydrogen) atoms. The first-order valence-corrected chi connectivity index (χ1v) is 14.1. The number of benzene rings is 3. The van der Waals surface area contributed by atoms with Gasteiger partial charge in [0.25, 0.3) is 6.47 Å². The van der Waals surface area contributed by atoms with Crippen molar-refractivity contribution >= 4 is 17.7 Å². The van der Waals surface area contributed by atoms with Gasteiger partial charge < -0.3 is 19.5 Å². The Morgan fingerprint density at radius 1 is 1.00 bits per heavy atom. The number of nitrogens with one attached hydrogen (secondary N) is 1. The Kier molecular flexibility index (Phi) is 7.88. The van der Waals surface area contributed by atoms with Gasteiger partial charge in [0.1, 0.15) is 18.2 Å². The van der Waals surface area contributed by atoms with Crippen LogP contribution >= 0.6 is 0 Å². The van der Waals surface area contributed by atoms with Crippen LogP contribution in [0.1, 0.15) is 81.0 Å². The smallest absolute Gasteiger partial charge is 0.298 e. The standard InChI is InChI=1S/C34H38FNO4/c1-21-11-12-24(35)17-30(21)39-19-27-26(13-15-28-31(27)22(2)18-34(3,4)36-28)32-25(23-9-7-6-8-10-23)14-16-29(40-20-37)33(32)38-5/h11-18,20,23,36H,6-10,19H2,1-5H3. The van der Waals surface area contributed by atoms with Crippen molar-refractivity contribution in [2.45, 2.75) is 77.9 Å². The lowest BCUT2D eigenvalue weighted by atomic mass is 9.78. The van der Waals surface area contributed by atoms with Gasteiger partial charge in [0.05, 0.1) is 12.6 Å². The van der Waals surface area contributed by atoms with Crippen molar-refractivity contribution in [2.24, 2.45) is 0 Å². The highest BCUT2D eigenvalue weighted by molar-refractivity contribution is 5.90. The molecular formula is C34H38FNO4. The molecule has 0 bridgehead atoms. The molecule has 0 amide bonds. The number of fused-ring (bicyclic) bond motifs is 1. The molecule has 5 nitrogen and oxygen atoms in total. The Labute approximate surface area is 236 Å². The molecule has 1 aliphatic carbocycles. The summed E-state index contributed by atoms with van der Waals surface area (Å²) in [5.41, 5.74) is 7.89. The first-order chi connectivity index (χ1) is 19.2. The minimum Gasteiger partial charge on any atom is -0.492 e. The third-order valence-corrected chi connectivity index (χ3v) is 8.11. The molecule has 3 aromatic carbocycles. The molecule has 3 aromatic rings. The Bertz CT molecular complexity index is 1450. The summed E-state index contributed by atoms with van der Waals surface area (Å²) in [5, 5.41) is 3.65. The number of ether oxygens (including phenoxy) is 3. The predicted molar refractivity (Wildman–Crippen MR) is 158 cm³/mol. The Morgan fingerprint density at radius 2 is 1.77 bits per heavy atom. The highest BCUT2D eigenvalue weighted by Gasteiger charge is 2.30. The number of hydrogen-bond donors (Lipinski definition) is 1. The zero-order chi connectivity index (χ0) is 28.4. The zero-order valence-electron chi connectivity index (χ0n) is 24.0. The molecule has 210 valence electrons. The maximum absolute atomic E-state index is 14.2. The van der Waals surface area contributed by atoms with Crippen LogP contribution in [-0.2, 0) is 11.4 Å². The summed E-state index contributed by atoms with van der Waals surface area (Å²) in [6.45, 7) is 8.98. The van der Waals surface area contributed by atoms with Gasteiger partial charge in [0.2, 0.25) is 0 Å². The maximum Gasteiger partial charge on any atom is 0.298 e. The Morgan fingerprint density at radius 3 is 2.50 bits per heavy atom. The SMILES string of the molecule is COc1c(OC=O)ccc(C2CCCCC2)c1-c1ccc2c(c1COc1cc(F)ccc1C)C(C)=CC(C)(C)N2. The Hall–Kier alpha value is -3.80. The molecule has 6 heteroatoms. The number of halogens is 1. The van der Waals surface area contributed by atoms with Crippen molar-refractivity contribution in [3.8, 4) is 28.4 Å². The molecule has 0 radical (unpaired) electrons. The van der Waals surface area contributed by atoms with Crippen molar-refractivity contribution in [1.82, 2.24) is 0 Å². The van der Waals surface area contributed by atoms with E-state index in [-0.39, 0.29) is 18.0 Å². The highest BCUT2D eigenvalue weighted by Crippen LogP contribution is 2.50. The zero-order valence-corrected chi connectivity index (χ0v) is 24.0. The number of allylic oxidation sites excluding steroid dienone is 1. The first kappa shape index (κ1) is 27.8. The monoisotopic (exact) mass is 543 g/mol. The number of hydrogen-bond acceptors (Lipinski definition) is 5. The number of anilines is 1. The molecule has 1 aliphatic heterocycles. The van der Waals surface area contributed by atoms with Crippen LogP contribution in [0.25, 0.3) is 16.7 Å². The lowest BCUT2D eigenvalue weighted by Crippen LogP contribution is -2.32. The summed E-state index contributed by atoms with van der Waals surface area (Å²) in [4.78, 5) is 11.4. The topological polar surface area (TPSA) is 56.8 Å². The van der Waals surface area contributed by atoms with E-state index < -0.39 is 0 Å². The minimum atomic E-state index is -0.338. The summed E-state index contributed by atoms with van der Waals surface area (Å²) in [6, 6.07) is 12.7. The fourth-order valence-corrected chi connectivity index (χ4v) is 6.42. The van der Waals surface area contributed by atoms with Gasteiger partial charge in [-0.2, -0.15) is 0 Å². The van der Waals surface area contributed by atoms with Gasteiger partial charge in [-0.1, -0.05) is 43.5 Å². The fraction of sp³-hybridized carbons (Fsp3) is 0.382. The summed E-state index contributed by atoms with van der Waals surface area (Å²) in [6.07, 6.45) is 8.01. The van der Waals surface area contributed by atoms with Gasteiger partial charge in [-0.3, -0.25) is 4.79 Å². The van der Waals surface area contributed by atoms with Gasteiger partial charge >= 0.3 is 0 Å².